The van der Waals surface area contributed by atoms with Crippen LogP contribution in [0, 0.1) is 27.2 Å². The minimum atomic E-state index is -0.569. The monoisotopic (exact) mass is 602 g/mol. The van der Waals surface area contributed by atoms with E-state index >= 15 is 0 Å². The summed E-state index contributed by atoms with van der Waals surface area (Å²) in [5.74, 6) is 0. The predicted octanol–water partition coefficient (Wildman–Crippen LogP) is 7.78. The number of carbonyl (C=O) groups excluding carboxylic acids is 3. The summed E-state index contributed by atoms with van der Waals surface area (Å²) in [6, 6.07) is 14.2. The number of nitro benzene ring substituents is 2. The summed E-state index contributed by atoms with van der Waals surface area (Å²) in [5, 5.41) is 22.1. The summed E-state index contributed by atoms with van der Waals surface area (Å²) in [6.45, 7) is 1.97. The van der Waals surface area contributed by atoms with Gasteiger partial charge in [0.25, 0.3) is 11.4 Å². The van der Waals surface area contributed by atoms with Gasteiger partial charge in [0.05, 0.1) is 15.4 Å². The van der Waals surface area contributed by atoms with E-state index in [1.54, 1.807) is 12.1 Å². The lowest BCUT2D eigenvalue weighted by Gasteiger charge is -1.98. The third-order valence-electron chi connectivity index (χ3n) is 4.67. The summed E-state index contributed by atoms with van der Waals surface area (Å²) >= 11 is 17.0. The quantitative estimate of drug-likeness (QED) is 0.111. The number of benzene rings is 3. The Labute approximate surface area is 244 Å². The average molecular weight is 604 g/mol. The van der Waals surface area contributed by atoms with Crippen LogP contribution in [0.2, 0.25) is 15.1 Å². The Kier molecular flexibility index (Phi) is 15.1. The van der Waals surface area contributed by atoms with Crippen molar-refractivity contribution in [2.24, 2.45) is 0 Å². The first-order valence-electron chi connectivity index (χ1n) is 11.0. The Morgan fingerprint density at radius 1 is 0.625 bits per heavy atom. The van der Waals surface area contributed by atoms with Crippen molar-refractivity contribution in [3.05, 3.63) is 130 Å². The third kappa shape index (κ3) is 12.0. The van der Waals surface area contributed by atoms with E-state index in [0.29, 0.717) is 33.7 Å². The zero-order valence-electron chi connectivity index (χ0n) is 20.8. The van der Waals surface area contributed by atoms with Gasteiger partial charge in [-0.15, -0.1) is 0 Å². The molecule has 0 N–H and O–H groups in total. The van der Waals surface area contributed by atoms with Crippen LogP contribution in [0.3, 0.4) is 0 Å². The molecule has 40 heavy (non-hydrogen) atoms. The molecule has 0 saturated heterocycles. The molecule has 3 rings (SSSR count). The number of allylic oxidation sites excluding steroid dienone is 3. The lowest BCUT2D eigenvalue weighted by Crippen LogP contribution is -1.91. The number of rotatable bonds is 8. The minimum absolute atomic E-state index is 0.0817. The first-order valence-corrected chi connectivity index (χ1v) is 12.2. The van der Waals surface area contributed by atoms with E-state index in [1.807, 2.05) is 25.1 Å². The first kappa shape index (κ1) is 33.6. The minimum Gasteiger partial charge on any atom is -0.299 e. The lowest BCUT2D eigenvalue weighted by atomic mass is 10.1. The fourth-order valence-electron chi connectivity index (χ4n) is 2.82. The molecule has 12 heteroatoms. The molecule has 0 unspecified atom stereocenters. The van der Waals surface area contributed by atoms with E-state index in [9.17, 15) is 34.6 Å². The zero-order valence-corrected chi connectivity index (χ0v) is 23.0. The SMILES string of the molecule is Cc1ccc(Cl)cc1C=CC=O.O=CC=Cc1ccc(Cl)c([N+](=O)[O-])c1.O=CC=Cc1ccc(Cl)cc1[N+](=O)[O-]. The topological polar surface area (TPSA) is 137 Å². The smallest absolute Gasteiger partial charge is 0.288 e. The van der Waals surface area contributed by atoms with Gasteiger partial charge in [-0.25, -0.2) is 0 Å². The second kappa shape index (κ2) is 18.0. The van der Waals surface area contributed by atoms with E-state index in [-0.39, 0.29) is 16.4 Å². The molecule has 0 saturated carbocycles. The first-order chi connectivity index (χ1) is 19.0. The molecule has 0 fully saturated rings. The Morgan fingerprint density at radius 3 is 1.73 bits per heavy atom. The number of nitrogens with zero attached hydrogens (tertiary/aromatic N) is 2. The van der Waals surface area contributed by atoms with Crippen molar-refractivity contribution >= 4 is 83.3 Å². The molecule has 0 aliphatic rings. The lowest BCUT2D eigenvalue weighted by molar-refractivity contribution is -0.385. The number of aryl methyl sites for hydroxylation is 1. The molecule has 0 spiro atoms. The van der Waals surface area contributed by atoms with E-state index in [4.69, 9.17) is 34.8 Å². The van der Waals surface area contributed by atoms with Gasteiger partial charge in [-0.2, -0.15) is 0 Å². The van der Waals surface area contributed by atoms with Crippen LogP contribution < -0.4 is 0 Å². The van der Waals surface area contributed by atoms with Crippen molar-refractivity contribution in [3.8, 4) is 0 Å². The molecule has 0 bridgehead atoms. The highest BCUT2D eigenvalue weighted by Gasteiger charge is 2.12. The van der Waals surface area contributed by atoms with Crippen molar-refractivity contribution in [2.75, 3.05) is 0 Å². The van der Waals surface area contributed by atoms with Gasteiger partial charge in [0.2, 0.25) is 0 Å². The molecule has 0 aliphatic carbocycles. The van der Waals surface area contributed by atoms with Crippen LogP contribution in [0.25, 0.3) is 18.2 Å². The zero-order chi connectivity index (χ0) is 30.1. The van der Waals surface area contributed by atoms with Gasteiger partial charge < -0.3 is 0 Å². The maximum Gasteiger partial charge on any atom is 0.288 e. The number of hydrogen-bond acceptors (Lipinski definition) is 7. The maximum absolute atomic E-state index is 10.6. The van der Waals surface area contributed by atoms with Gasteiger partial charge in [0.15, 0.2) is 0 Å². The van der Waals surface area contributed by atoms with Crippen LogP contribution in [0.1, 0.15) is 22.3 Å². The fraction of sp³-hybridized carbons (Fsp3) is 0.0357. The Morgan fingerprint density at radius 2 is 1.15 bits per heavy atom. The number of aldehydes is 3. The van der Waals surface area contributed by atoms with Gasteiger partial charge in [-0.05, 0) is 78.3 Å². The van der Waals surface area contributed by atoms with E-state index in [0.717, 1.165) is 17.4 Å². The molecule has 0 heterocycles. The second-order valence-corrected chi connectivity index (χ2v) is 8.69. The number of carbonyl (C=O) groups is 3. The molecular formula is C28H21Cl3N2O7. The highest BCUT2D eigenvalue weighted by molar-refractivity contribution is 6.32. The van der Waals surface area contributed by atoms with Crippen LogP contribution >= 0.6 is 34.8 Å². The Balaban J connectivity index is 0.000000301. The summed E-state index contributed by atoms with van der Waals surface area (Å²) in [6.07, 6.45) is 10.4. The van der Waals surface area contributed by atoms with Crippen LogP contribution in [-0.2, 0) is 14.4 Å². The molecule has 3 aromatic carbocycles. The molecule has 0 amide bonds. The van der Waals surface area contributed by atoms with Crippen LogP contribution in [0.15, 0.2) is 72.8 Å². The second-order valence-electron chi connectivity index (χ2n) is 7.41. The molecular weight excluding hydrogens is 583 g/mol. The number of hydrogen-bond donors (Lipinski definition) is 0. The van der Waals surface area contributed by atoms with E-state index in [2.05, 4.69) is 0 Å². The van der Waals surface area contributed by atoms with Crippen molar-refractivity contribution in [3.63, 3.8) is 0 Å². The van der Waals surface area contributed by atoms with Crippen molar-refractivity contribution in [1.29, 1.82) is 0 Å². The van der Waals surface area contributed by atoms with E-state index in [1.165, 1.54) is 60.7 Å². The summed E-state index contributed by atoms with van der Waals surface area (Å²) in [5.41, 5.74) is 2.72. The predicted molar refractivity (Wildman–Crippen MR) is 158 cm³/mol. The fourth-order valence-corrected chi connectivity index (χ4v) is 3.35. The van der Waals surface area contributed by atoms with Crippen LogP contribution in [0.5, 0.6) is 0 Å². The highest BCUT2D eigenvalue weighted by atomic mass is 35.5. The third-order valence-corrected chi connectivity index (χ3v) is 5.46. The average Bonchev–Trinajstić information content (AvgIpc) is 2.93. The van der Waals surface area contributed by atoms with Gasteiger partial charge in [0, 0.05) is 22.2 Å². The molecule has 0 aromatic heterocycles. The summed E-state index contributed by atoms with van der Waals surface area (Å²) in [7, 11) is 0. The number of halogens is 3. The summed E-state index contributed by atoms with van der Waals surface area (Å²) < 4.78 is 0. The normalized spacial score (nSPS) is 10.4. The molecule has 9 nitrogen and oxygen atoms in total. The van der Waals surface area contributed by atoms with Crippen LogP contribution in [0.4, 0.5) is 11.4 Å². The molecule has 3 aromatic rings. The Bertz CT molecular complexity index is 1470. The van der Waals surface area contributed by atoms with Gasteiger partial charge in [0.1, 0.15) is 23.9 Å². The van der Waals surface area contributed by atoms with Crippen LogP contribution in [-0.4, -0.2) is 28.7 Å². The highest BCUT2D eigenvalue weighted by Crippen LogP contribution is 2.26. The van der Waals surface area contributed by atoms with Crippen molar-refractivity contribution in [2.45, 2.75) is 6.92 Å². The summed E-state index contributed by atoms with van der Waals surface area (Å²) in [4.78, 5) is 50.0. The maximum atomic E-state index is 10.6. The van der Waals surface area contributed by atoms with Gasteiger partial charge >= 0.3 is 0 Å². The molecule has 0 aliphatic heterocycles. The molecule has 206 valence electrons. The van der Waals surface area contributed by atoms with E-state index < -0.39 is 9.85 Å². The van der Waals surface area contributed by atoms with Crippen molar-refractivity contribution in [1.82, 2.24) is 0 Å². The Hall–Kier alpha value is -4.44. The largest absolute Gasteiger partial charge is 0.299 e. The van der Waals surface area contributed by atoms with Crippen molar-refractivity contribution < 1.29 is 24.2 Å². The van der Waals surface area contributed by atoms with Gasteiger partial charge in [-0.3, -0.25) is 34.6 Å². The molecule has 0 radical (unpaired) electrons. The van der Waals surface area contributed by atoms with Gasteiger partial charge in [-0.1, -0.05) is 59.1 Å². The number of nitro groups is 2. The molecule has 0 atom stereocenters. The standard InChI is InChI=1S/C10H9ClO.2C9H6ClNO3/c1-8-4-5-10(11)7-9(8)3-2-6-12;10-8-4-3-7(2-1-5-12)9(6-8)11(13)14;10-8-4-3-7(2-1-5-12)6-9(8)11(13)14/h2-7H,1H3;2*1-6H.